The summed E-state index contributed by atoms with van der Waals surface area (Å²) >= 11 is 6.49. The van der Waals surface area contributed by atoms with Crippen molar-refractivity contribution in [3.05, 3.63) is 34.9 Å². The van der Waals surface area contributed by atoms with Gasteiger partial charge in [-0.25, -0.2) is 0 Å². The minimum absolute atomic E-state index is 0.301. The van der Waals surface area contributed by atoms with E-state index in [1.807, 2.05) is 0 Å². The molecule has 0 nitrogen and oxygen atoms in total. The fraction of sp³-hybridized carbons (Fsp3) is 0.600. The molecule has 2 unspecified atom stereocenters. The van der Waals surface area contributed by atoms with Gasteiger partial charge in [0, 0.05) is 5.38 Å². The van der Waals surface area contributed by atoms with Crippen LogP contribution in [0.25, 0.3) is 0 Å². The fourth-order valence-electron chi connectivity index (χ4n) is 2.26. The molecule has 0 spiro atoms. The summed E-state index contributed by atoms with van der Waals surface area (Å²) in [7, 11) is 0. The fourth-order valence-corrected chi connectivity index (χ4v) is 2.64. The van der Waals surface area contributed by atoms with Crippen molar-refractivity contribution >= 4 is 11.6 Å². The molecule has 0 aliphatic heterocycles. The highest BCUT2D eigenvalue weighted by Crippen LogP contribution is 2.40. The van der Waals surface area contributed by atoms with Gasteiger partial charge >= 0.3 is 0 Å². The topological polar surface area (TPSA) is 0 Å². The molecule has 1 aliphatic carbocycles. The van der Waals surface area contributed by atoms with Gasteiger partial charge in [0.2, 0.25) is 0 Å². The summed E-state index contributed by atoms with van der Waals surface area (Å²) in [4.78, 5) is 0. The minimum atomic E-state index is 0.301. The zero-order chi connectivity index (χ0) is 11.7. The van der Waals surface area contributed by atoms with Crippen LogP contribution in [0.15, 0.2) is 18.2 Å². The lowest BCUT2D eigenvalue weighted by molar-refractivity contribution is 0.478. The molecular weight excluding hydrogens is 216 g/mol. The molecule has 1 saturated carbocycles. The summed E-state index contributed by atoms with van der Waals surface area (Å²) in [5.41, 5.74) is 4.13. The largest absolute Gasteiger partial charge is 0.122 e. The van der Waals surface area contributed by atoms with Crippen LogP contribution in [0.1, 0.15) is 36.5 Å². The van der Waals surface area contributed by atoms with Gasteiger partial charge < -0.3 is 0 Å². The first-order chi connectivity index (χ1) is 7.58. The number of benzene rings is 1. The average molecular weight is 237 g/mol. The van der Waals surface area contributed by atoms with Crippen LogP contribution in [0.3, 0.4) is 0 Å². The Balaban J connectivity index is 1.99. The third-order valence-corrected chi connectivity index (χ3v) is 4.49. The Labute approximate surface area is 104 Å². The standard InChI is InChI=1S/C15H21Cl/c1-10-4-5-13(8-11(10)2)9-15(16)12(3)14-6-7-14/h4-5,8,12,14-15H,6-7,9H2,1-3H3. The molecule has 1 aliphatic rings. The lowest BCUT2D eigenvalue weighted by Crippen LogP contribution is -2.16. The van der Waals surface area contributed by atoms with Crippen molar-refractivity contribution < 1.29 is 0 Å². The maximum Gasteiger partial charge on any atom is 0.0404 e. The number of halogens is 1. The molecule has 1 aromatic rings. The average Bonchev–Trinajstić information content (AvgIpc) is 3.06. The van der Waals surface area contributed by atoms with Crippen molar-refractivity contribution in [2.24, 2.45) is 11.8 Å². The minimum Gasteiger partial charge on any atom is -0.122 e. The van der Waals surface area contributed by atoms with Gasteiger partial charge in [0.1, 0.15) is 0 Å². The van der Waals surface area contributed by atoms with E-state index in [1.54, 1.807) is 0 Å². The quantitative estimate of drug-likeness (QED) is 0.676. The van der Waals surface area contributed by atoms with Crippen LogP contribution in [0, 0.1) is 25.7 Å². The molecule has 0 N–H and O–H groups in total. The van der Waals surface area contributed by atoms with E-state index in [1.165, 1.54) is 29.5 Å². The van der Waals surface area contributed by atoms with E-state index in [4.69, 9.17) is 11.6 Å². The summed E-state index contributed by atoms with van der Waals surface area (Å²) in [6, 6.07) is 6.71. The van der Waals surface area contributed by atoms with Crippen molar-refractivity contribution in [1.29, 1.82) is 0 Å². The molecule has 16 heavy (non-hydrogen) atoms. The van der Waals surface area contributed by atoms with Gasteiger partial charge in [-0.05, 0) is 61.6 Å². The molecule has 88 valence electrons. The highest BCUT2D eigenvalue weighted by molar-refractivity contribution is 6.20. The van der Waals surface area contributed by atoms with Crippen molar-refractivity contribution in [2.45, 2.75) is 45.4 Å². The Kier molecular flexibility index (Phi) is 3.59. The van der Waals surface area contributed by atoms with Crippen molar-refractivity contribution in [1.82, 2.24) is 0 Å². The molecule has 2 rings (SSSR count). The molecule has 0 aromatic heterocycles. The number of hydrogen-bond donors (Lipinski definition) is 0. The molecule has 0 radical (unpaired) electrons. The van der Waals surface area contributed by atoms with E-state index < -0.39 is 0 Å². The van der Waals surface area contributed by atoms with Crippen LogP contribution in [0.4, 0.5) is 0 Å². The van der Waals surface area contributed by atoms with Crippen LogP contribution in [-0.4, -0.2) is 5.38 Å². The smallest absolute Gasteiger partial charge is 0.0404 e. The van der Waals surface area contributed by atoms with E-state index in [0.717, 1.165) is 12.3 Å². The monoisotopic (exact) mass is 236 g/mol. The summed E-state index contributed by atoms with van der Waals surface area (Å²) in [5.74, 6) is 1.57. The number of aryl methyl sites for hydroxylation is 2. The molecule has 1 heteroatoms. The van der Waals surface area contributed by atoms with Crippen molar-refractivity contribution in [2.75, 3.05) is 0 Å². The van der Waals surface area contributed by atoms with Gasteiger partial charge in [-0.15, -0.1) is 11.6 Å². The third kappa shape index (κ3) is 2.79. The number of rotatable bonds is 4. The van der Waals surface area contributed by atoms with Gasteiger partial charge in [-0.2, -0.15) is 0 Å². The second kappa shape index (κ2) is 4.79. The van der Waals surface area contributed by atoms with E-state index in [0.29, 0.717) is 11.3 Å². The maximum atomic E-state index is 6.49. The maximum absolute atomic E-state index is 6.49. The second-order valence-electron chi connectivity index (χ2n) is 5.34. The second-order valence-corrected chi connectivity index (χ2v) is 5.90. The van der Waals surface area contributed by atoms with Crippen LogP contribution >= 0.6 is 11.6 Å². The molecule has 0 bridgehead atoms. The lowest BCUT2D eigenvalue weighted by atomic mass is 9.95. The van der Waals surface area contributed by atoms with E-state index in [-0.39, 0.29) is 0 Å². The molecule has 1 aromatic carbocycles. The first-order valence-corrected chi connectivity index (χ1v) is 6.72. The van der Waals surface area contributed by atoms with Gasteiger partial charge in [-0.3, -0.25) is 0 Å². The van der Waals surface area contributed by atoms with Crippen LogP contribution < -0.4 is 0 Å². The van der Waals surface area contributed by atoms with E-state index in [2.05, 4.69) is 39.0 Å². The Morgan fingerprint density at radius 2 is 1.94 bits per heavy atom. The first kappa shape index (κ1) is 12.0. The Bertz CT molecular complexity index is 366. The van der Waals surface area contributed by atoms with Crippen LogP contribution in [-0.2, 0) is 6.42 Å². The van der Waals surface area contributed by atoms with Gasteiger partial charge in [0.05, 0.1) is 0 Å². The lowest BCUT2D eigenvalue weighted by Gasteiger charge is -2.17. The molecule has 1 fully saturated rings. The van der Waals surface area contributed by atoms with Crippen molar-refractivity contribution in [3.8, 4) is 0 Å². The predicted molar refractivity (Wildman–Crippen MR) is 71.1 cm³/mol. The molecule has 2 atom stereocenters. The highest BCUT2D eigenvalue weighted by Gasteiger charge is 2.32. The van der Waals surface area contributed by atoms with Gasteiger partial charge in [0.15, 0.2) is 0 Å². The molecule has 0 heterocycles. The SMILES string of the molecule is Cc1ccc(CC(Cl)C(C)C2CC2)cc1C. The van der Waals surface area contributed by atoms with Crippen LogP contribution in [0.5, 0.6) is 0 Å². The zero-order valence-electron chi connectivity index (χ0n) is 10.5. The summed E-state index contributed by atoms with van der Waals surface area (Å²) in [6.45, 7) is 6.63. The van der Waals surface area contributed by atoms with Crippen molar-refractivity contribution in [3.63, 3.8) is 0 Å². The normalized spacial score (nSPS) is 19.5. The van der Waals surface area contributed by atoms with E-state index >= 15 is 0 Å². The third-order valence-electron chi connectivity index (χ3n) is 3.94. The van der Waals surface area contributed by atoms with Crippen LogP contribution in [0.2, 0.25) is 0 Å². The summed E-state index contributed by atoms with van der Waals surface area (Å²) < 4.78 is 0. The summed E-state index contributed by atoms with van der Waals surface area (Å²) in [6.07, 6.45) is 3.79. The number of alkyl halides is 1. The zero-order valence-corrected chi connectivity index (χ0v) is 11.2. The first-order valence-electron chi connectivity index (χ1n) is 6.28. The van der Waals surface area contributed by atoms with E-state index in [9.17, 15) is 0 Å². The van der Waals surface area contributed by atoms with Gasteiger partial charge in [0.25, 0.3) is 0 Å². The molecule has 0 saturated heterocycles. The Hall–Kier alpha value is -0.490. The molecular formula is C15H21Cl. The predicted octanol–water partition coefficient (Wildman–Crippen LogP) is 4.50. The molecule has 0 amide bonds. The summed E-state index contributed by atoms with van der Waals surface area (Å²) in [5, 5.41) is 0.301. The number of hydrogen-bond acceptors (Lipinski definition) is 0. The Morgan fingerprint density at radius 1 is 1.25 bits per heavy atom. The van der Waals surface area contributed by atoms with Gasteiger partial charge in [-0.1, -0.05) is 25.1 Å². The Morgan fingerprint density at radius 3 is 2.50 bits per heavy atom. The highest BCUT2D eigenvalue weighted by atomic mass is 35.5.